The maximum Gasteiger partial charge on any atom is 0.234 e. The Morgan fingerprint density at radius 2 is 2.10 bits per heavy atom. The number of ether oxygens (including phenoxy) is 1. The first-order valence-electron chi connectivity index (χ1n) is 7.05. The number of nitrogens with zero attached hydrogens (tertiary/aromatic N) is 1. The number of hydrogen-bond acceptors (Lipinski definition) is 3. The van der Waals surface area contributed by atoms with E-state index in [-0.39, 0.29) is 18.3 Å². The molecule has 1 fully saturated rings. The van der Waals surface area contributed by atoms with Gasteiger partial charge < -0.3 is 15.4 Å². The molecule has 0 atom stereocenters. The second-order valence-electron chi connectivity index (χ2n) is 5.54. The number of benzene rings is 1. The molecule has 0 aliphatic carbocycles. The molecule has 21 heavy (non-hydrogen) atoms. The molecule has 2 N–H and O–H groups in total. The molecule has 0 unspecified atom stereocenters. The molecule has 3 rings (SSSR count). The average molecular weight is 331 g/mol. The fourth-order valence-corrected chi connectivity index (χ4v) is 3.42. The summed E-state index contributed by atoms with van der Waals surface area (Å²) in [5.74, 6) is 0.129. The van der Waals surface area contributed by atoms with Crippen LogP contribution in [0.15, 0.2) is 18.2 Å². The Hall–Kier alpha value is -0.810. The molecular formula is C15H20Cl2N2O2. The molecule has 6 heteroatoms. The van der Waals surface area contributed by atoms with Gasteiger partial charge in [-0.2, -0.15) is 0 Å². The third-order valence-electron chi connectivity index (χ3n) is 4.51. The van der Waals surface area contributed by atoms with Gasteiger partial charge in [-0.05, 0) is 37.0 Å². The lowest BCUT2D eigenvalue weighted by molar-refractivity contribution is -0.132. The lowest BCUT2D eigenvalue weighted by Crippen LogP contribution is -2.50. The smallest absolute Gasteiger partial charge is 0.234 e. The summed E-state index contributed by atoms with van der Waals surface area (Å²) in [5.41, 5.74) is 7.47. The van der Waals surface area contributed by atoms with Crippen molar-refractivity contribution in [2.45, 2.75) is 19.3 Å². The normalized spacial score (nSPS) is 19.8. The predicted octanol–water partition coefficient (Wildman–Crippen LogP) is 2.41. The summed E-state index contributed by atoms with van der Waals surface area (Å²) >= 11 is 6.21. The van der Waals surface area contributed by atoms with Gasteiger partial charge in [-0.3, -0.25) is 4.79 Å². The van der Waals surface area contributed by atoms with Gasteiger partial charge in [-0.15, -0.1) is 12.4 Å². The molecule has 4 nitrogen and oxygen atoms in total. The first kappa shape index (κ1) is 16.6. The van der Waals surface area contributed by atoms with Gasteiger partial charge in [0.1, 0.15) is 0 Å². The molecule has 2 aliphatic heterocycles. The van der Waals surface area contributed by atoms with Gasteiger partial charge in [0.05, 0.1) is 5.41 Å². The fraction of sp³-hybridized carbons (Fsp3) is 0.533. The van der Waals surface area contributed by atoms with E-state index in [0.29, 0.717) is 39.1 Å². The Bertz CT molecular complexity index is 530. The quantitative estimate of drug-likeness (QED) is 0.905. The van der Waals surface area contributed by atoms with Crippen molar-refractivity contribution in [2.24, 2.45) is 11.1 Å². The van der Waals surface area contributed by atoms with Gasteiger partial charge in [0.15, 0.2) is 0 Å². The van der Waals surface area contributed by atoms with Crippen LogP contribution in [0.2, 0.25) is 5.02 Å². The zero-order valence-corrected chi connectivity index (χ0v) is 13.4. The summed E-state index contributed by atoms with van der Waals surface area (Å²) in [6, 6.07) is 5.74. The van der Waals surface area contributed by atoms with E-state index >= 15 is 0 Å². The van der Waals surface area contributed by atoms with Crippen LogP contribution in [-0.4, -0.2) is 32.2 Å². The zero-order chi connectivity index (χ0) is 14.2. The van der Waals surface area contributed by atoms with Gasteiger partial charge in [0.2, 0.25) is 5.91 Å². The summed E-state index contributed by atoms with van der Waals surface area (Å²) in [6.45, 7) is 2.29. The van der Waals surface area contributed by atoms with E-state index in [1.165, 1.54) is 0 Å². The van der Waals surface area contributed by atoms with Crippen LogP contribution in [0.3, 0.4) is 0 Å². The van der Waals surface area contributed by atoms with E-state index in [1.807, 2.05) is 23.1 Å². The number of carbonyl (C=O) groups is 1. The van der Waals surface area contributed by atoms with E-state index in [1.54, 1.807) is 0 Å². The number of halogens is 2. The minimum Gasteiger partial charge on any atom is -0.381 e. The average Bonchev–Trinajstić information content (AvgIpc) is 2.92. The van der Waals surface area contributed by atoms with E-state index in [4.69, 9.17) is 22.1 Å². The van der Waals surface area contributed by atoms with Crippen LogP contribution in [0, 0.1) is 5.41 Å². The Morgan fingerprint density at radius 3 is 2.76 bits per heavy atom. The van der Waals surface area contributed by atoms with Crippen molar-refractivity contribution in [1.29, 1.82) is 0 Å². The molecule has 1 aromatic carbocycles. The van der Waals surface area contributed by atoms with Crippen molar-refractivity contribution in [2.75, 3.05) is 31.2 Å². The lowest BCUT2D eigenvalue weighted by Gasteiger charge is -2.37. The maximum absolute atomic E-state index is 13.0. The zero-order valence-electron chi connectivity index (χ0n) is 11.8. The third kappa shape index (κ3) is 2.78. The van der Waals surface area contributed by atoms with Crippen molar-refractivity contribution in [1.82, 2.24) is 0 Å². The van der Waals surface area contributed by atoms with Gasteiger partial charge in [0.25, 0.3) is 0 Å². The molecule has 0 spiro atoms. The number of amides is 1. The lowest BCUT2D eigenvalue weighted by atomic mass is 9.79. The minimum absolute atomic E-state index is 0. The Balaban J connectivity index is 0.00000161. The van der Waals surface area contributed by atoms with E-state index in [0.717, 1.165) is 22.7 Å². The van der Waals surface area contributed by atoms with Crippen molar-refractivity contribution >= 4 is 35.6 Å². The largest absolute Gasteiger partial charge is 0.381 e. The van der Waals surface area contributed by atoms with Gasteiger partial charge in [-0.1, -0.05) is 17.7 Å². The second-order valence-corrected chi connectivity index (χ2v) is 5.95. The molecule has 0 saturated carbocycles. The highest BCUT2D eigenvalue weighted by Crippen LogP contribution is 2.39. The van der Waals surface area contributed by atoms with Gasteiger partial charge >= 0.3 is 0 Å². The monoisotopic (exact) mass is 330 g/mol. The summed E-state index contributed by atoms with van der Waals surface area (Å²) < 4.78 is 5.38. The number of anilines is 1. The molecule has 1 saturated heterocycles. The predicted molar refractivity (Wildman–Crippen MR) is 86.3 cm³/mol. The number of rotatable bonds is 2. The van der Waals surface area contributed by atoms with Crippen LogP contribution in [0.5, 0.6) is 0 Å². The first-order chi connectivity index (χ1) is 9.68. The number of carbonyl (C=O) groups excluding carboxylic acids is 1. The highest BCUT2D eigenvalue weighted by Gasteiger charge is 2.43. The SMILES string of the molecule is Cl.NCC1(C(=O)N2CCc3c(Cl)cccc32)CCOCC1. The van der Waals surface area contributed by atoms with Crippen molar-refractivity contribution in [3.8, 4) is 0 Å². The highest BCUT2D eigenvalue weighted by atomic mass is 35.5. The molecule has 0 aromatic heterocycles. The summed E-state index contributed by atoms with van der Waals surface area (Å²) in [4.78, 5) is 14.8. The summed E-state index contributed by atoms with van der Waals surface area (Å²) in [7, 11) is 0. The Morgan fingerprint density at radius 1 is 1.38 bits per heavy atom. The summed E-state index contributed by atoms with van der Waals surface area (Å²) in [6.07, 6.45) is 2.22. The molecule has 0 radical (unpaired) electrons. The second kappa shape index (κ2) is 6.53. The topological polar surface area (TPSA) is 55.6 Å². The number of nitrogens with two attached hydrogens (primary N) is 1. The van der Waals surface area contributed by atoms with Gasteiger partial charge in [-0.25, -0.2) is 0 Å². The Kier molecular flexibility index (Phi) is 5.15. The fourth-order valence-electron chi connectivity index (χ4n) is 3.16. The molecule has 116 valence electrons. The van der Waals surface area contributed by atoms with Crippen molar-refractivity contribution in [3.05, 3.63) is 28.8 Å². The van der Waals surface area contributed by atoms with Crippen molar-refractivity contribution < 1.29 is 9.53 Å². The van der Waals surface area contributed by atoms with E-state index in [9.17, 15) is 4.79 Å². The van der Waals surface area contributed by atoms with Crippen LogP contribution in [0.1, 0.15) is 18.4 Å². The maximum atomic E-state index is 13.0. The molecule has 1 amide bonds. The third-order valence-corrected chi connectivity index (χ3v) is 4.86. The number of fused-ring (bicyclic) bond motifs is 1. The van der Waals surface area contributed by atoms with Crippen LogP contribution in [0.25, 0.3) is 0 Å². The molecular weight excluding hydrogens is 311 g/mol. The van der Waals surface area contributed by atoms with Crippen LogP contribution in [0.4, 0.5) is 5.69 Å². The van der Waals surface area contributed by atoms with Crippen LogP contribution in [-0.2, 0) is 16.0 Å². The van der Waals surface area contributed by atoms with Crippen molar-refractivity contribution in [3.63, 3.8) is 0 Å². The molecule has 1 aromatic rings. The summed E-state index contributed by atoms with van der Waals surface area (Å²) in [5, 5.41) is 0.742. The highest BCUT2D eigenvalue weighted by molar-refractivity contribution is 6.32. The Labute approximate surface area is 136 Å². The number of hydrogen-bond donors (Lipinski definition) is 1. The van der Waals surface area contributed by atoms with Crippen LogP contribution < -0.4 is 10.6 Å². The first-order valence-corrected chi connectivity index (χ1v) is 7.43. The standard InChI is InChI=1S/C15H19ClN2O2.ClH/c16-12-2-1-3-13-11(12)4-7-18(13)14(19)15(10-17)5-8-20-9-6-15;/h1-3H,4-10,17H2;1H. The van der Waals surface area contributed by atoms with E-state index < -0.39 is 5.41 Å². The molecule has 2 heterocycles. The minimum atomic E-state index is -0.470. The van der Waals surface area contributed by atoms with Crippen LogP contribution >= 0.6 is 24.0 Å². The molecule has 0 bridgehead atoms. The van der Waals surface area contributed by atoms with Gasteiger partial charge in [0, 0.05) is 37.0 Å². The van der Waals surface area contributed by atoms with E-state index in [2.05, 4.69) is 0 Å². The molecule has 2 aliphatic rings.